The average Bonchev–Trinajstić information content (AvgIpc) is 3.13. The van der Waals surface area contributed by atoms with Gasteiger partial charge in [-0.2, -0.15) is 8.78 Å². The van der Waals surface area contributed by atoms with Gasteiger partial charge in [-0.25, -0.2) is 4.98 Å². The predicted octanol–water partition coefficient (Wildman–Crippen LogP) is 6.59. The summed E-state index contributed by atoms with van der Waals surface area (Å²) in [6.07, 6.45) is 6.96. The van der Waals surface area contributed by atoms with Crippen LogP contribution in [0, 0.1) is 17.8 Å². The summed E-state index contributed by atoms with van der Waals surface area (Å²) in [5, 5.41) is 4.74. The highest BCUT2D eigenvalue weighted by Crippen LogP contribution is 2.45. The highest BCUT2D eigenvalue weighted by atomic mass is 19.1. The third-order valence-electron chi connectivity index (χ3n) is 7.07. The van der Waals surface area contributed by atoms with E-state index < -0.39 is 11.9 Å². The average molecular weight is 482 g/mol. The molecule has 0 N–H and O–H groups in total. The van der Waals surface area contributed by atoms with Crippen LogP contribution in [0.1, 0.15) is 70.5 Å². The van der Waals surface area contributed by atoms with Crippen LogP contribution in [0.25, 0.3) is 22.6 Å². The number of allylic oxidation sites excluding steroid dienone is 1. The van der Waals surface area contributed by atoms with E-state index >= 15 is 0 Å². The second kappa shape index (κ2) is 9.10. The van der Waals surface area contributed by atoms with E-state index in [0.717, 1.165) is 47.9 Å². The van der Waals surface area contributed by atoms with Crippen molar-refractivity contribution in [3.8, 4) is 0 Å². The summed E-state index contributed by atoms with van der Waals surface area (Å²) in [6, 6.07) is 9.12. The maximum atomic E-state index is 15.0. The molecule has 7 heteroatoms. The van der Waals surface area contributed by atoms with Crippen LogP contribution in [-0.2, 0) is 9.47 Å². The van der Waals surface area contributed by atoms with Gasteiger partial charge in [0.2, 0.25) is 11.9 Å². The topological polar surface area (TPSA) is 49.2 Å². The number of pyridine rings is 1. The molecule has 2 saturated heterocycles. The second-order valence-electron chi connectivity index (χ2n) is 11.1. The Kier molecular flexibility index (Phi) is 6.26. The first kappa shape index (κ1) is 24.1. The van der Waals surface area contributed by atoms with Crippen LogP contribution in [0.15, 0.2) is 36.5 Å². The summed E-state index contributed by atoms with van der Waals surface area (Å²) < 4.78 is 42.2. The minimum absolute atomic E-state index is 0.143. The number of nitrogens with zero attached hydrogens (tertiary/aromatic N) is 3. The number of rotatable bonds is 4. The molecule has 0 amide bonds. The Morgan fingerprint density at radius 2 is 1.74 bits per heavy atom. The Morgan fingerprint density at radius 3 is 2.40 bits per heavy atom. The first-order chi connectivity index (χ1) is 16.6. The number of benzene rings is 1. The van der Waals surface area contributed by atoms with Crippen molar-refractivity contribution in [3.63, 3.8) is 0 Å². The number of hydrogen-bond donors (Lipinski definition) is 0. The molecule has 0 aliphatic carbocycles. The monoisotopic (exact) mass is 481 g/mol. The van der Waals surface area contributed by atoms with Crippen molar-refractivity contribution in [1.82, 2.24) is 14.8 Å². The van der Waals surface area contributed by atoms with Gasteiger partial charge in [-0.05, 0) is 100 Å². The van der Waals surface area contributed by atoms with Gasteiger partial charge in [0, 0.05) is 19.4 Å². The van der Waals surface area contributed by atoms with Crippen LogP contribution in [0.3, 0.4) is 0 Å². The van der Waals surface area contributed by atoms with Crippen LogP contribution in [0.5, 0.6) is 0 Å². The smallest absolute Gasteiger partial charge is 0.240 e. The fourth-order valence-electron chi connectivity index (χ4n) is 5.89. The molecule has 186 valence electrons. The quantitative estimate of drug-likeness (QED) is 0.395. The summed E-state index contributed by atoms with van der Waals surface area (Å²) in [6.45, 7) is 9.75. The van der Waals surface area contributed by atoms with Gasteiger partial charge in [0.15, 0.2) is 0 Å². The number of ether oxygens (including phenoxy) is 2. The number of halogens is 2. The zero-order chi connectivity index (χ0) is 24.8. The molecule has 0 bridgehead atoms. The Bertz CT molecular complexity index is 1230. The maximum Gasteiger partial charge on any atom is 0.240 e. The van der Waals surface area contributed by atoms with E-state index in [-0.39, 0.29) is 23.2 Å². The van der Waals surface area contributed by atoms with Crippen molar-refractivity contribution in [2.75, 3.05) is 13.2 Å². The van der Waals surface area contributed by atoms with E-state index in [4.69, 9.17) is 9.47 Å². The molecule has 0 saturated carbocycles. The SMILES string of the molecule is CC1(C)CC(C(=Cc2ccc3c(c2)c(F)nn3C2CCOCC2)c2ccc(F)nc2)CC(C)(C)O1. The third kappa shape index (κ3) is 5.16. The molecule has 3 aromatic rings. The Morgan fingerprint density at radius 1 is 1.03 bits per heavy atom. The van der Waals surface area contributed by atoms with Crippen LogP contribution in [0.4, 0.5) is 8.78 Å². The summed E-state index contributed by atoms with van der Waals surface area (Å²) in [4.78, 5) is 3.91. The zero-order valence-corrected chi connectivity index (χ0v) is 20.9. The number of aromatic nitrogens is 3. The Labute approximate surface area is 205 Å². The van der Waals surface area contributed by atoms with Gasteiger partial charge in [-0.3, -0.25) is 4.68 Å². The Balaban J connectivity index is 1.57. The standard InChI is InChI=1S/C28H33F2N3O2/c1-27(2)15-20(16-28(3,4)35-27)22(19-6-8-25(29)31-17-19)13-18-5-7-24-23(14-18)26(30)32-33(24)21-9-11-34-12-10-21/h5-8,13-14,17,20-21H,9-12,15-16H2,1-4H3. The summed E-state index contributed by atoms with van der Waals surface area (Å²) in [5.74, 6) is -0.795. The third-order valence-corrected chi connectivity index (χ3v) is 7.07. The summed E-state index contributed by atoms with van der Waals surface area (Å²) >= 11 is 0. The van der Waals surface area contributed by atoms with Crippen molar-refractivity contribution in [2.24, 2.45) is 5.92 Å². The van der Waals surface area contributed by atoms with E-state index in [9.17, 15) is 8.78 Å². The largest absolute Gasteiger partial charge is 0.381 e. The number of fused-ring (bicyclic) bond motifs is 1. The van der Waals surface area contributed by atoms with E-state index in [1.807, 2.05) is 22.9 Å². The molecule has 2 fully saturated rings. The number of hydrogen-bond acceptors (Lipinski definition) is 4. The fraction of sp³-hybridized carbons (Fsp3) is 0.500. The van der Waals surface area contributed by atoms with Crippen molar-refractivity contribution in [1.29, 1.82) is 0 Å². The molecular formula is C28H33F2N3O2. The maximum absolute atomic E-state index is 15.0. The normalized spacial score (nSPS) is 21.5. The van der Waals surface area contributed by atoms with E-state index in [0.29, 0.717) is 18.6 Å². The van der Waals surface area contributed by atoms with Gasteiger partial charge in [-0.15, -0.1) is 5.10 Å². The van der Waals surface area contributed by atoms with Gasteiger partial charge in [0.1, 0.15) is 0 Å². The van der Waals surface area contributed by atoms with Crippen molar-refractivity contribution < 1.29 is 18.3 Å². The molecule has 0 atom stereocenters. The van der Waals surface area contributed by atoms with Gasteiger partial charge in [0.05, 0.1) is 28.1 Å². The summed E-state index contributed by atoms with van der Waals surface area (Å²) in [5.41, 5.74) is 2.98. The van der Waals surface area contributed by atoms with Crippen LogP contribution < -0.4 is 0 Å². The minimum Gasteiger partial charge on any atom is -0.381 e. The predicted molar refractivity (Wildman–Crippen MR) is 133 cm³/mol. The first-order valence-corrected chi connectivity index (χ1v) is 12.4. The summed E-state index contributed by atoms with van der Waals surface area (Å²) in [7, 11) is 0. The minimum atomic E-state index is -0.509. The molecule has 4 heterocycles. The fourth-order valence-corrected chi connectivity index (χ4v) is 5.89. The van der Waals surface area contributed by atoms with Gasteiger partial charge in [0.25, 0.3) is 0 Å². The molecule has 2 aliphatic rings. The molecule has 35 heavy (non-hydrogen) atoms. The molecule has 0 unspecified atom stereocenters. The van der Waals surface area contributed by atoms with E-state index in [1.165, 1.54) is 6.07 Å². The molecule has 5 nitrogen and oxygen atoms in total. The molecule has 2 aromatic heterocycles. The van der Waals surface area contributed by atoms with Crippen molar-refractivity contribution in [3.05, 3.63) is 59.6 Å². The van der Waals surface area contributed by atoms with E-state index in [2.05, 4.69) is 43.9 Å². The zero-order valence-electron chi connectivity index (χ0n) is 20.9. The molecule has 2 aliphatic heterocycles. The highest BCUT2D eigenvalue weighted by Gasteiger charge is 2.40. The Hall–Kier alpha value is -2.64. The molecule has 0 spiro atoms. The van der Waals surface area contributed by atoms with Crippen molar-refractivity contribution in [2.45, 2.75) is 70.6 Å². The van der Waals surface area contributed by atoms with Crippen molar-refractivity contribution >= 4 is 22.6 Å². The second-order valence-corrected chi connectivity index (χ2v) is 11.1. The van der Waals surface area contributed by atoms with Gasteiger partial charge in [-0.1, -0.05) is 12.1 Å². The molecular weight excluding hydrogens is 448 g/mol. The molecule has 5 rings (SSSR count). The lowest BCUT2D eigenvalue weighted by Crippen LogP contribution is -2.45. The van der Waals surface area contributed by atoms with E-state index in [1.54, 1.807) is 12.3 Å². The van der Waals surface area contributed by atoms with Crippen LogP contribution in [-0.4, -0.2) is 39.2 Å². The lowest BCUT2D eigenvalue weighted by molar-refractivity contribution is -0.165. The van der Waals surface area contributed by atoms with Gasteiger partial charge >= 0.3 is 0 Å². The van der Waals surface area contributed by atoms with Crippen LogP contribution >= 0.6 is 0 Å². The molecule has 1 aromatic carbocycles. The van der Waals surface area contributed by atoms with Gasteiger partial charge < -0.3 is 9.47 Å². The first-order valence-electron chi connectivity index (χ1n) is 12.4. The lowest BCUT2D eigenvalue weighted by Gasteiger charge is -2.46. The van der Waals surface area contributed by atoms with Crippen LogP contribution in [0.2, 0.25) is 0 Å². The highest BCUT2D eigenvalue weighted by molar-refractivity contribution is 5.87. The molecule has 0 radical (unpaired) electrons. The lowest BCUT2D eigenvalue weighted by atomic mass is 9.75.